The molecule has 7 heteroatoms. The molecule has 0 radical (unpaired) electrons. The quantitative estimate of drug-likeness (QED) is 0.785. The highest BCUT2D eigenvalue weighted by Crippen LogP contribution is 2.39. The Kier molecular flexibility index (Phi) is 3.94. The Balaban J connectivity index is 2.46. The molecule has 100 valence electrons. The second-order valence-electron chi connectivity index (χ2n) is 3.72. The average molecular weight is 322 g/mol. The summed E-state index contributed by atoms with van der Waals surface area (Å²) >= 11 is 17.3. The molecule has 0 aliphatic rings. The van der Waals surface area contributed by atoms with Gasteiger partial charge in [-0.1, -0.05) is 34.8 Å². The van der Waals surface area contributed by atoms with Crippen molar-refractivity contribution in [1.29, 1.82) is 0 Å². The molecule has 4 N–H and O–H groups in total. The van der Waals surface area contributed by atoms with E-state index in [1.807, 2.05) is 0 Å². The van der Waals surface area contributed by atoms with Crippen LogP contribution in [-0.2, 0) is 0 Å². The van der Waals surface area contributed by atoms with Gasteiger partial charge in [0.25, 0.3) is 0 Å². The van der Waals surface area contributed by atoms with Crippen LogP contribution in [0, 0.1) is 5.82 Å². The third kappa shape index (κ3) is 2.97. The molecule has 0 saturated heterocycles. The minimum atomic E-state index is -0.838. The first-order valence-electron chi connectivity index (χ1n) is 5.05. The molecule has 0 aliphatic heterocycles. The summed E-state index contributed by atoms with van der Waals surface area (Å²) in [5.74, 6) is -0.822. The predicted molar refractivity (Wildman–Crippen MR) is 76.8 cm³/mol. The van der Waals surface area contributed by atoms with E-state index in [-0.39, 0.29) is 27.9 Å². The summed E-state index contributed by atoms with van der Waals surface area (Å²) in [4.78, 5) is 0. The lowest BCUT2D eigenvalue weighted by Crippen LogP contribution is -1.99. The van der Waals surface area contributed by atoms with Crippen LogP contribution in [0.1, 0.15) is 0 Å². The highest BCUT2D eigenvalue weighted by atomic mass is 35.5. The smallest absolute Gasteiger partial charge is 0.188 e. The fraction of sp³-hybridized carbons (Fsp3) is 0. The molecular formula is C12H8Cl3FN2O. The van der Waals surface area contributed by atoms with Crippen LogP contribution in [0.3, 0.4) is 0 Å². The fourth-order valence-electron chi connectivity index (χ4n) is 1.46. The van der Waals surface area contributed by atoms with Crippen LogP contribution in [0.5, 0.6) is 11.5 Å². The molecule has 2 aromatic carbocycles. The molecule has 0 saturated carbocycles. The maximum Gasteiger partial charge on any atom is 0.188 e. The number of nitrogen functional groups attached to an aromatic ring is 2. The molecule has 0 spiro atoms. The first-order valence-corrected chi connectivity index (χ1v) is 6.18. The molecule has 19 heavy (non-hydrogen) atoms. The number of anilines is 2. The summed E-state index contributed by atoms with van der Waals surface area (Å²) in [6.07, 6.45) is 0. The zero-order valence-electron chi connectivity index (χ0n) is 9.38. The van der Waals surface area contributed by atoms with Crippen molar-refractivity contribution in [2.45, 2.75) is 0 Å². The second kappa shape index (κ2) is 5.33. The van der Waals surface area contributed by atoms with Gasteiger partial charge in [0.05, 0.1) is 11.4 Å². The molecule has 2 aromatic rings. The Morgan fingerprint density at radius 1 is 0.895 bits per heavy atom. The van der Waals surface area contributed by atoms with Crippen molar-refractivity contribution in [2.24, 2.45) is 0 Å². The molecule has 0 amide bonds. The van der Waals surface area contributed by atoms with Crippen molar-refractivity contribution in [3.8, 4) is 11.5 Å². The summed E-state index contributed by atoms with van der Waals surface area (Å²) in [7, 11) is 0. The van der Waals surface area contributed by atoms with Crippen LogP contribution < -0.4 is 16.2 Å². The second-order valence-corrected chi connectivity index (χ2v) is 4.97. The first-order chi connectivity index (χ1) is 8.88. The maximum atomic E-state index is 13.9. The SMILES string of the molecule is Nc1cc(N)c(Oc2cc(Cl)cc(Cl)c2)c(F)c1Cl. The van der Waals surface area contributed by atoms with Crippen molar-refractivity contribution < 1.29 is 9.13 Å². The molecular weight excluding hydrogens is 314 g/mol. The minimum absolute atomic E-state index is 0.0236. The molecule has 0 fully saturated rings. The van der Waals surface area contributed by atoms with E-state index >= 15 is 0 Å². The minimum Gasteiger partial charge on any atom is -0.452 e. The third-order valence-electron chi connectivity index (χ3n) is 2.27. The van der Waals surface area contributed by atoms with Crippen molar-refractivity contribution in [3.05, 3.63) is 45.2 Å². The zero-order valence-corrected chi connectivity index (χ0v) is 11.7. The van der Waals surface area contributed by atoms with Crippen molar-refractivity contribution in [1.82, 2.24) is 0 Å². The Labute approximate surface area is 123 Å². The number of ether oxygens (including phenoxy) is 1. The van der Waals surface area contributed by atoms with Gasteiger partial charge in [0.1, 0.15) is 10.8 Å². The number of hydrogen-bond donors (Lipinski definition) is 2. The van der Waals surface area contributed by atoms with Gasteiger partial charge in [0, 0.05) is 10.0 Å². The van der Waals surface area contributed by atoms with Gasteiger partial charge in [0.2, 0.25) is 0 Å². The molecule has 0 atom stereocenters. The number of nitrogens with two attached hydrogens (primary N) is 2. The van der Waals surface area contributed by atoms with Gasteiger partial charge in [-0.05, 0) is 24.3 Å². The maximum absolute atomic E-state index is 13.9. The van der Waals surface area contributed by atoms with Crippen LogP contribution in [0.2, 0.25) is 15.1 Å². The van der Waals surface area contributed by atoms with Gasteiger partial charge in [-0.3, -0.25) is 0 Å². The normalized spacial score (nSPS) is 10.5. The van der Waals surface area contributed by atoms with E-state index < -0.39 is 5.82 Å². The Morgan fingerprint density at radius 2 is 1.47 bits per heavy atom. The fourth-order valence-corrected chi connectivity index (χ4v) is 2.10. The number of benzene rings is 2. The van der Waals surface area contributed by atoms with Crippen molar-refractivity contribution in [2.75, 3.05) is 11.5 Å². The van der Waals surface area contributed by atoms with Crippen LogP contribution in [-0.4, -0.2) is 0 Å². The predicted octanol–water partition coefficient (Wildman–Crippen LogP) is 4.74. The van der Waals surface area contributed by atoms with E-state index in [1.54, 1.807) is 0 Å². The van der Waals surface area contributed by atoms with E-state index in [9.17, 15) is 4.39 Å². The number of halogens is 4. The molecule has 0 aliphatic carbocycles. The van der Waals surface area contributed by atoms with Crippen LogP contribution in [0.4, 0.5) is 15.8 Å². The lowest BCUT2D eigenvalue weighted by atomic mass is 10.2. The van der Waals surface area contributed by atoms with Crippen LogP contribution >= 0.6 is 34.8 Å². The summed E-state index contributed by atoms with van der Waals surface area (Å²) in [5.41, 5.74) is 11.2. The summed E-state index contributed by atoms with van der Waals surface area (Å²) in [6.45, 7) is 0. The van der Waals surface area contributed by atoms with Gasteiger partial charge >= 0.3 is 0 Å². The molecule has 3 nitrogen and oxygen atoms in total. The standard InChI is InChI=1S/C12H8Cl3FN2O/c13-5-1-6(14)3-7(2-5)19-12-9(18)4-8(17)10(15)11(12)16/h1-4H,17-18H2. The highest BCUT2D eigenvalue weighted by Gasteiger charge is 2.16. The van der Waals surface area contributed by atoms with Gasteiger partial charge in [-0.2, -0.15) is 0 Å². The van der Waals surface area contributed by atoms with Crippen LogP contribution in [0.25, 0.3) is 0 Å². The van der Waals surface area contributed by atoms with E-state index in [0.29, 0.717) is 10.0 Å². The summed E-state index contributed by atoms with van der Waals surface area (Å²) < 4.78 is 19.3. The highest BCUT2D eigenvalue weighted by molar-refractivity contribution is 6.35. The van der Waals surface area contributed by atoms with Gasteiger partial charge < -0.3 is 16.2 Å². The molecule has 0 aromatic heterocycles. The topological polar surface area (TPSA) is 61.3 Å². The first kappa shape index (κ1) is 14.1. The van der Waals surface area contributed by atoms with E-state index in [0.717, 1.165) is 0 Å². The number of hydrogen-bond acceptors (Lipinski definition) is 3. The largest absolute Gasteiger partial charge is 0.452 e. The number of rotatable bonds is 2. The summed E-state index contributed by atoms with van der Waals surface area (Å²) in [5, 5.41) is 0.448. The molecule has 2 rings (SSSR count). The van der Waals surface area contributed by atoms with E-state index in [4.69, 9.17) is 51.0 Å². The molecule has 0 heterocycles. The third-order valence-corrected chi connectivity index (χ3v) is 3.10. The Hall–Kier alpha value is -1.36. The Morgan fingerprint density at radius 3 is 2.05 bits per heavy atom. The average Bonchev–Trinajstić information content (AvgIpc) is 2.31. The van der Waals surface area contributed by atoms with Gasteiger partial charge in [-0.15, -0.1) is 0 Å². The van der Waals surface area contributed by atoms with E-state index in [1.165, 1.54) is 24.3 Å². The lowest BCUT2D eigenvalue weighted by molar-refractivity contribution is 0.445. The Bertz CT molecular complexity index is 629. The summed E-state index contributed by atoms with van der Waals surface area (Å²) in [6, 6.07) is 5.77. The van der Waals surface area contributed by atoms with E-state index in [2.05, 4.69) is 0 Å². The molecule has 0 bridgehead atoms. The van der Waals surface area contributed by atoms with Gasteiger partial charge in [0.15, 0.2) is 11.6 Å². The van der Waals surface area contributed by atoms with Crippen LogP contribution in [0.15, 0.2) is 24.3 Å². The zero-order chi connectivity index (χ0) is 14.2. The lowest BCUT2D eigenvalue weighted by Gasteiger charge is -2.12. The van der Waals surface area contributed by atoms with Gasteiger partial charge in [-0.25, -0.2) is 4.39 Å². The monoisotopic (exact) mass is 320 g/mol. The van der Waals surface area contributed by atoms with Crippen molar-refractivity contribution in [3.63, 3.8) is 0 Å². The molecule has 0 unspecified atom stereocenters. The van der Waals surface area contributed by atoms with Crippen molar-refractivity contribution >= 4 is 46.2 Å².